The highest BCUT2D eigenvalue weighted by Crippen LogP contribution is 2.18. The molecule has 0 aromatic heterocycles. The van der Waals surface area contributed by atoms with Crippen molar-refractivity contribution in [1.82, 2.24) is 4.72 Å². The lowest BCUT2D eigenvalue weighted by atomic mass is 10.1. The van der Waals surface area contributed by atoms with Crippen LogP contribution in [0.1, 0.15) is 28.9 Å². The standard InChI is InChI=1S/C21H20N2O3S/c1-16(17-8-4-2-5-9-17)23-27(25,26)20-14-12-18(13-15-20)21(24)22-19-10-6-3-7-11-19/h2-16,23H,1H3,(H,22,24). The third-order valence-electron chi connectivity index (χ3n) is 4.09. The van der Waals surface area contributed by atoms with Crippen molar-refractivity contribution >= 4 is 21.6 Å². The molecular formula is C21H20N2O3S. The van der Waals surface area contributed by atoms with E-state index in [0.717, 1.165) is 5.56 Å². The molecule has 0 spiro atoms. The van der Waals surface area contributed by atoms with E-state index in [-0.39, 0.29) is 16.8 Å². The Morgan fingerprint density at radius 3 is 1.96 bits per heavy atom. The Hall–Kier alpha value is -2.96. The molecule has 0 radical (unpaired) electrons. The van der Waals surface area contributed by atoms with E-state index in [9.17, 15) is 13.2 Å². The molecule has 0 heterocycles. The summed E-state index contributed by atoms with van der Waals surface area (Å²) in [5.41, 5.74) is 1.94. The summed E-state index contributed by atoms with van der Waals surface area (Å²) in [5.74, 6) is -0.296. The maximum absolute atomic E-state index is 12.6. The Bertz CT molecular complexity index is 1000. The predicted molar refractivity (Wildman–Crippen MR) is 106 cm³/mol. The largest absolute Gasteiger partial charge is 0.322 e. The van der Waals surface area contributed by atoms with Gasteiger partial charge in [-0.25, -0.2) is 13.1 Å². The second-order valence-electron chi connectivity index (χ2n) is 6.10. The summed E-state index contributed by atoms with van der Waals surface area (Å²) in [5, 5.41) is 2.77. The van der Waals surface area contributed by atoms with Crippen molar-refractivity contribution in [3.63, 3.8) is 0 Å². The van der Waals surface area contributed by atoms with Gasteiger partial charge in [0.15, 0.2) is 0 Å². The number of carbonyl (C=O) groups is 1. The summed E-state index contributed by atoms with van der Waals surface area (Å²) < 4.78 is 27.8. The number of amides is 1. The first kappa shape index (κ1) is 18.8. The second-order valence-corrected chi connectivity index (χ2v) is 7.81. The smallest absolute Gasteiger partial charge is 0.255 e. The van der Waals surface area contributed by atoms with Gasteiger partial charge in [-0.05, 0) is 48.9 Å². The molecule has 0 saturated heterocycles. The zero-order chi connectivity index (χ0) is 19.3. The van der Waals surface area contributed by atoms with Crippen LogP contribution in [-0.2, 0) is 10.0 Å². The number of rotatable bonds is 6. The molecule has 5 nitrogen and oxygen atoms in total. The van der Waals surface area contributed by atoms with Crippen LogP contribution in [-0.4, -0.2) is 14.3 Å². The van der Waals surface area contributed by atoms with E-state index in [2.05, 4.69) is 10.0 Å². The molecule has 0 aliphatic rings. The molecule has 6 heteroatoms. The van der Waals surface area contributed by atoms with Crippen LogP contribution in [0.2, 0.25) is 0 Å². The molecule has 0 fully saturated rings. The average molecular weight is 380 g/mol. The van der Waals surface area contributed by atoms with Crippen molar-refractivity contribution in [3.8, 4) is 0 Å². The lowest BCUT2D eigenvalue weighted by Gasteiger charge is -2.15. The summed E-state index contributed by atoms with van der Waals surface area (Å²) in [6.07, 6.45) is 0. The minimum absolute atomic E-state index is 0.113. The highest BCUT2D eigenvalue weighted by molar-refractivity contribution is 7.89. The maximum atomic E-state index is 12.6. The Labute approximate surface area is 159 Å². The Balaban J connectivity index is 1.71. The highest BCUT2D eigenvalue weighted by Gasteiger charge is 2.18. The van der Waals surface area contributed by atoms with E-state index in [1.54, 1.807) is 19.1 Å². The number of hydrogen-bond acceptors (Lipinski definition) is 3. The highest BCUT2D eigenvalue weighted by atomic mass is 32.2. The topological polar surface area (TPSA) is 75.3 Å². The molecule has 3 rings (SSSR count). The minimum atomic E-state index is -3.69. The molecule has 27 heavy (non-hydrogen) atoms. The Morgan fingerprint density at radius 2 is 1.37 bits per heavy atom. The van der Waals surface area contributed by atoms with Crippen LogP contribution in [0, 0.1) is 0 Å². The van der Waals surface area contributed by atoms with Gasteiger partial charge in [0.05, 0.1) is 4.90 Å². The summed E-state index contributed by atoms with van der Waals surface area (Å²) >= 11 is 0. The first-order chi connectivity index (χ1) is 13.0. The fourth-order valence-electron chi connectivity index (χ4n) is 2.62. The molecule has 3 aromatic carbocycles. The van der Waals surface area contributed by atoms with Crippen LogP contribution in [0.5, 0.6) is 0 Å². The van der Waals surface area contributed by atoms with Gasteiger partial charge in [-0.3, -0.25) is 4.79 Å². The first-order valence-electron chi connectivity index (χ1n) is 8.49. The van der Waals surface area contributed by atoms with E-state index in [4.69, 9.17) is 0 Å². The fraction of sp³-hybridized carbons (Fsp3) is 0.0952. The summed E-state index contributed by atoms with van der Waals surface area (Å²) in [4.78, 5) is 12.4. The number of nitrogens with one attached hydrogen (secondary N) is 2. The molecule has 2 N–H and O–H groups in total. The molecule has 0 bridgehead atoms. The van der Waals surface area contributed by atoms with Crippen molar-refractivity contribution in [2.75, 3.05) is 5.32 Å². The number of hydrogen-bond donors (Lipinski definition) is 2. The van der Waals surface area contributed by atoms with E-state index < -0.39 is 10.0 Å². The van der Waals surface area contributed by atoms with Crippen molar-refractivity contribution in [1.29, 1.82) is 0 Å². The SMILES string of the molecule is CC(NS(=O)(=O)c1ccc(C(=O)Nc2ccccc2)cc1)c1ccccc1. The van der Waals surface area contributed by atoms with Crippen molar-refractivity contribution in [2.45, 2.75) is 17.9 Å². The van der Waals surface area contributed by atoms with Crippen LogP contribution >= 0.6 is 0 Å². The van der Waals surface area contributed by atoms with Crippen LogP contribution in [0.3, 0.4) is 0 Å². The molecular weight excluding hydrogens is 360 g/mol. The molecule has 1 atom stereocenters. The maximum Gasteiger partial charge on any atom is 0.255 e. The lowest BCUT2D eigenvalue weighted by molar-refractivity contribution is 0.102. The first-order valence-corrected chi connectivity index (χ1v) is 9.98. The number of benzene rings is 3. The zero-order valence-electron chi connectivity index (χ0n) is 14.8. The lowest BCUT2D eigenvalue weighted by Crippen LogP contribution is -2.27. The molecule has 0 aliphatic carbocycles. The van der Waals surface area contributed by atoms with Crippen molar-refractivity contribution < 1.29 is 13.2 Å². The third kappa shape index (κ3) is 4.81. The van der Waals surface area contributed by atoms with Crippen molar-refractivity contribution in [2.24, 2.45) is 0 Å². The van der Waals surface area contributed by atoms with Gasteiger partial charge >= 0.3 is 0 Å². The molecule has 3 aromatic rings. The molecule has 0 saturated carbocycles. The normalized spacial score (nSPS) is 12.3. The summed E-state index contributed by atoms with van der Waals surface area (Å²) in [6, 6.07) is 23.9. The van der Waals surface area contributed by atoms with Gasteiger partial charge < -0.3 is 5.32 Å². The zero-order valence-corrected chi connectivity index (χ0v) is 15.6. The number of anilines is 1. The monoisotopic (exact) mass is 380 g/mol. The second kappa shape index (κ2) is 8.16. The van der Waals surface area contributed by atoms with Crippen LogP contribution in [0.15, 0.2) is 89.8 Å². The van der Waals surface area contributed by atoms with Gasteiger partial charge in [0.25, 0.3) is 5.91 Å². The van der Waals surface area contributed by atoms with Crippen LogP contribution in [0.4, 0.5) is 5.69 Å². The Morgan fingerprint density at radius 1 is 0.815 bits per heavy atom. The van der Waals surface area contributed by atoms with Gasteiger partial charge in [-0.2, -0.15) is 0 Å². The third-order valence-corrected chi connectivity index (χ3v) is 5.65. The van der Waals surface area contributed by atoms with Gasteiger partial charge in [0, 0.05) is 17.3 Å². The number of carbonyl (C=O) groups excluding carboxylic acids is 1. The van der Waals surface area contributed by atoms with Crippen LogP contribution < -0.4 is 10.0 Å². The van der Waals surface area contributed by atoms with Gasteiger partial charge in [0.1, 0.15) is 0 Å². The minimum Gasteiger partial charge on any atom is -0.322 e. The van der Waals surface area contributed by atoms with Gasteiger partial charge in [0.2, 0.25) is 10.0 Å². The molecule has 1 amide bonds. The van der Waals surface area contributed by atoms with Gasteiger partial charge in [-0.15, -0.1) is 0 Å². The van der Waals surface area contributed by atoms with E-state index in [1.807, 2.05) is 48.5 Å². The molecule has 0 aliphatic heterocycles. The predicted octanol–water partition coefficient (Wildman–Crippen LogP) is 3.98. The molecule has 1 unspecified atom stereocenters. The van der Waals surface area contributed by atoms with Gasteiger partial charge in [-0.1, -0.05) is 48.5 Å². The Kier molecular flexibility index (Phi) is 5.69. The molecule has 138 valence electrons. The average Bonchev–Trinajstić information content (AvgIpc) is 2.69. The van der Waals surface area contributed by atoms with E-state index >= 15 is 0 Å². The number of sulfonamides is 1. The number of para-hydroxylation sites is 1. The quantitative estimate of drug-likeness (QED) is 0.679. The summed E-state index contributed by atoms with van der Waals surface area (Å²) in [7, 11) is -3.69. The van der Waals surface area contributed by atoms with Crippen molar-refractivity contribution in [3.05, 3.63) is 96.1 Å². The van der Waals surface area contributed by atoms with E-state index in [0.29, 0.717) is 11.3 Å². The summed E-state index contributed by atoms with van der Waals surface area (Å²) in [6.45, 7) is 1.79. The van der Waals surface area contributed by atoms with Crippen LogP contribution in [0.25, 0.3) is 0 Å². The van der Waals surface area contributed by atoms with E-state index in [1.165, 1.54) is 24.3 Å². The fourth-order valence-corrected chi connectivity index (χ4v) is 3.85.